The maximum Gasteiger partial charge on any atom is 0.410 e. The Bertz CT molecular complexity index is 763. The summed E-state index contributed by atoms with van der Waals surface area (Å²) in [4.78, 5) is 14.3. The molecule has 1 heterocycles. The van der Waals surface area contributed by atoms with E-state index in [9.17, 15) is 10.1 Å². The molecular weight excluding hydrogens is 344 g/mol. The van der Waals surface area contributed by atoms with Crippen LogP contribution in [0.2, 0.25) is 18.1 Å². The van der Waals surface area contributed by atoms with Gasteiger partial charge in [0.2, 0.25) is 0 Å². The van der Waals surface area contributed by atoms with E-state index < -0.39 is 13.9 Å². The van der Waals surface area contributed by atoms with Crippen LogP contribution < -0.4 is 0 Å². The van der Waals surface area contributed by atoms with Gasteiger partial charge in [-0.15, -0.1) is 0 Å². The number of hydrogen-bond acceptors (Lipinski definition) is 4. The molecular formula is C20H28N2O3Si. The Morgan fingerprint density at radius 2 is 2.12 bits per heavy atom. The van der Waals surface area contributed by atoms with Crippen molar-refractivity contribution in [2.75, 3.05) is 19.8 Å². The Balaban J connectivity index is 1.81. The van der Waals surface area contributed by atoms with Crippen LogP contribution in [0.25, 0.3) is 0 Å². The van der Waals surface area contributed by atoms with Gasteiger partial charge in [0.25, 0.3) is 0 Å². The Morgan fingerprint density at radius 1 is 1.38 bits per heavy atom. The van der Waals surface area contributed by atoms with Gasteiger partial charge in [0.05, 0.1) is 18.2 Å². The zero-order valence-electron chi connectivity index (χ0n) is 16.4. The number of ether oxygens (including phenoxy) is 1. The number of fused-ring (bicyclic) bond motifs is 2. The van der Waals surface area contributed by atoms with Crippen LogP contribution in [-0.2, 0) is 21.1 Å². The predicted octanol–water partition coefficient (Wildman–Crippen LogP) is 4.17. The monoisotopic (exact) mass is 372 g/mol. The largest absolute Gasteiger partial charge is 0.447 e. The highest BCUT2D eigenvalue weighted by Crippen LogP contribution is 2.46. The molecule has 1 amide bonds. The molecule has 5 nitrogen and oxygen atoms in total. The van der Waals surface area contributed by atoms with Crippen molar-refractivity contribution in [2.24, 2.45) is 0 Å². The molecule has 3 rings (SSSR count). The number of carbonyl (C=O) groups excluding carboxylic acids is 1. The topological polar surface area (TPSA) is 62.6 Å². The van der Waals surface area contributed by atoms with Crippen molar-refractivity contribution >= 4 is 14.4 Å². The molecule has 2 aliphatic rings. The highest BCUT2D eigenvalue weighted by Gasteiger charge is 2.52. The number of nitriles is 1. The molecule has 1 aliphatic carbocycles. The van der Waals surface area contributed by atoms with Crippen LogP contribution in [0, 0.1) is 11.3 Å². The highest BCUT2D eigenvalue weighted by molar-refractivity contribution is 6.74. The maximum atomic E-state index is 12.4. The maximum absolute atomic E-state index is 12.4. The zero-order valence-corrected chi connectivity index (χ0v) is 17.4. The first-order valence-electron chi connectivity index (χ1n) is 9.23. The van der Waals surface area contributed by atoms with Gasteiger partial charge in [-0.3, -0.25) is 4.90 Å². The summed E-state index contributed by atoms with van der Waals surface area (Å²) < 4.78 is 11.7. The Labute approximate surface area is 157 Å². The molecule has 1 unspecified atom stereocenters. The van der Waals surface area contributed by atoms with Crippen LogP contribution in [0.5, 0.6) is 0 Å². The quantitative estimate of drug-likeness (QED) is 0.744. The minimum Gasteiger partial charge on any atom is -0.447 e. The smallest absolute Gasteiger partial charge is 0.410 e. The standard InChI is InChI=1S/C20H28N2O3Si/c1-19(2,3)26(4,5)25-12-11-22-18(23)24-14-20(22)10-9-16-15(13-21)7-6-8-17(16)20/h6-8H,9-12,14H2,1-5H3. The Morgan fingerprint density at radius 3 is 2.77 bits per heavy atom. The first-order chi connectivity index (χ1) is 12.1. The number of cyclic esters (lactones) is 1. The van der Waals surface area contributed by atoms with Crippen molar-refractivity contribution in [1.82, 2.24) is 4.90 Å². The fourth-order valence-electron chi connectivity index (χ4n) is 3.72. The average molecular weight is 373 g/mol. The lowest BCUT2D eigenvalue weighted by Gasteiger charge is -2.38. The molecule has 0 bridgehead atoms. The van der Waals surface area contributed by atoms with Crippen LogP contribution in [0.4, 0.5) is 4.79 Å². The minimum atomic E-state index is -1.86. The average Bonchev–Trinajstić information content (AvgIpc) is 3.10. The summed E-state index contributed by atoms with van der Waals surface area (Å²) in [6, 6.07) is 8.06. The van der Waals surface area contributed by atoms with Crippen LogP contribution in [-0.4, -0.2) is 39.1 Å². The van der Waals surface area contributed by atoms with E-state index in [1.54, 1.807) is 0 Å². The number of carbonyl (C=O) groups is 1. The van der Waals surface area contributed by atoms with Gasteiger partial charge in [-0.05, 0) is 48.2 Å². The van der Waals surface area contributed by atoms with Gasteiger partial charge in [0.1, 0.15) is 12.1 Å². The van der Waals surface area contributed by atoms with Gasteiger partial charge in [-0.2, -0.15) is 5.26 Å². The fourth-order valence-corrected chi connectivity index (χ4v) is 4.75. The second kappa shape index (κ2) is 6.40. The number of amides is 1. The molecule has 140 valence electrons. The van der Waals surface area contributed by atoms with Gasteiger partial charge >= 0.3 is 6.09 Å². The lowest BCUT2D eigenvalue weighted by molar-refractivity contribution is 0.130. The van der Waals surface area contributed by atoms with Crippen molar-refractivity contribution < 1.29 is 14.0 Å². The van der Waals surface area contributed by atoms with Crippen molar-refractivity contribution in [2.45, 2.75) is 57.3 Å². The van der Waals surface area contributed by atoms with E-state index in [4.69, 9.17) is 9.16 Å². The van der Waals surface area contributed by atoms with E-state index in [-0.39, 0.29) is 11.1 Å². The van der Waals surface area contributed by atoms with Gasteiger partial charge in [-0.1, -0.05) is 32.9 Å². The van der Waals surface area contributed by atoms with Gasteiger partial charge in [0.15, 0.2) is 8.32 Å². The molecule has 1 fully saturated rings. The number of benzene rings is 1. The summed E-state index contributed by atoms with van der Waals surface area (Å²) in [5.74, 6) is 0. The molecule has 1 saturated heterocycles. The van der Waals surface area contributed by atoms with Crippen LogP contribution >= 0.6 is 0 Å². The summed E-state index contributed by atoms with van der Waals surface area (Å²) in [5, 5.41) is 9.52. The lowest BCUT2D eigenvalue weighted by atomic mass is 9.90. The molecule has 0 radical (unpaired) electrons. The second-order valence-corrected chi connectivity index (χ2v) is 13.6. The van der Waals surface area contributed by atoms with Crippen LogP contribution in [0.3, 0.4) is 0 Å². The molecule has 1 spiro atoms. The van der Waals surface area contributed by atoms with E-state index in [0.717, 1.165) is 24.0 Å². The summed E-state index contributed by atoms with van der Waals surface area (Å²) >= 11 is 0. The number of rotatable bonds is 4. The van der Waals surface area contributed by atoms with Crippen molar-refractivity contribution in [3.8, 4) is 6.07 Å². The summed E-state index contributed by atoms with van der Waals surface area (Å²) in [6.07, 6.45) is 1.32. The first kappa shape index (κ1) is 18.9. The van der Waals surface area contributed by atoms with E-state index in [2.05, 4.69) is 39.9 Å². The summed E-state index contributed by atoms with van der Waals surface area (Å²) in [7, 11) is -1.86. The third kappa shape index (κ3) is 2.93. The number of nitrogens with zero attached hydrogens (tertiary/aromatic N) is 2. The highest BCUT2D eigenvalue weighted by atomic mass is 28.4. The molecule has 0 saturated carbocycles. The van der Waals surface area contributed by atoms with Gasteiger partial charge in [0, 0.05) is 6.54 Å². The van der Waals surface area contributed by atoms with Crippen molar-refractivity contribution in [3.63, 3.8) is 0 Å². The van der Waals surface area contributed by atoms with Crippen LogP contribution in [0.1, 0.15) is 43.9 Å². The molecule has 6 heteroatoms. The Hall–Kier alpha value is -1.84. The normalized spacial score (nSPS) is 22.5. The molecule has 1 aromatic rings. The lowest BCUT2D eigenvalue weighted by Crippen LogP contribution is -2.47. The SMILES string of the molecule is CC(C)(C)[Si](C)(C)OCCN1C(=O)OCC12CCc1c(C#N)cccc12. The summed E-state index contributed by atoms with van der Waals surface area (Å²) in [6.45, 7) is 12.4. The molecule has 1 atom stereocenters. The third-order valence-corrected chi connectivity index (χ3v) is 10.9. The zero-order chi connectivity index (χ0) is 19.2. The van der Waals surface area contributed by atoms with Gasteiger partial charge < -0.3 is 9.16 Å². The van der Waals surface area contributed by atoms with E-state index >= 15 is 0 Å². The molecule has 26 heavy (non-hydrogen) atoms. The fraction of sp³-hybridized carbons (Fsp3) is 0.600. The van der Waals surface area contributed by atoms with Crippen molar-refractivity contribution in [1.29, 1.82) is 5.26 Å². The molecule has 0 N–H and O–H groups in total. The first-order valence-corrected chi connectivity index (χ1v) is 12.1. The molecule has 1 aliphatic heterocycles. The number of hydrogen-bond donors (Lipinski definition) is 0. The van der Waals surface area contributed by atoms with E-state index in [1.165, 1.54) is 0 Å². The Kier molecular flexibility index (Phi) is 4.66. The van der Waals surface area contributed by atoms with Gasteiger partial charge in [-0.25, -0.2) is 4.79 Å². The minimum absolute atomic E-state index is 0.137. The third-order valence-electron chi connectivity index (χ3n) is 6.34. The predicted molar refractivity (Wildman–Crippen MR) is 102 cm³/mol. The summed E-state index contributed by atoms with van der Waals surface area (Å²) in [5.41, 5.74) is 2.38. The van der Waals surface area contributed by atoms with E-state index in [0.29, 0.717) is 25.3 Å². The van der Waals surface area contributed by atoms with E-state index in [1.807, 2.05) is 23.1 Å². The molecule has 1 aromatic carbocycles. The molecule has 0 aromatic heterocycles. The van der Waals surface area contributed by atoms with Crippen LogP contribution in [0.15, 0.2) is 18.2 Å². The second-order valence-electron chi connectivity index (χ2n) is 8.79. The van der Waals surface area contributed by atoms with Crippen molar-refractivity contribution in [3.05, 3.63) is 34.9 Å².